The highest BCUT2D eigenvalue weighted by molar-refractivity contribution is 9.11. The fraction of sp³-hybridized carbons (Fsp3) is 0.700. The molecule has 1 aliphatic rings. The molecule has 1 N–H and O–H groups in total. The molecule has 1 heterocycles. The van der Waals surface area contributed by atoms with Gasteiger partial charge in [0.2, 0.25) is 10.0 Å². The summed E-state index contributed by atoms with van der Waals surface area (Å²) in [5, 5.41) is 0.438. The number of hydrogen-bond acceptors (Lipinski definition) is 4. The van der Waals surface area contributed by atoms with Crippen molar-refractivity contribution < 1.29 is 8.42 Å². The Morgan fingerprint density at radius 1 is 1.41 bits per heavy atom. The van der Waals surface area contributed by atoms with Gasteiger partial charge in [0.15, 0.2) is 5.13 Å². The lowest BCUT2D eigenvalue weighted by molar-refractivity contribution is 0.385. The fourth-order valence-corrected chi connectivity index (χ4v) is 5.00. The van der Waals surface area contributed by atoms with E-state index in [0.29, 0.717) is 11.0 Å². The normalized spacial score (nSPS) is 18.2. The Balaban J connectivity index is 1.94. The number of nitrogens with zero attached hydrogens (tertiary/aromatic N) is 1. The minimum atomic E-state index is -3.24. The molecule has 0 aromatic carbocycles. The standard InChI is InChI=1S/C10H15BrN2O2S2/c11-9-6-12-10(16-9)13-17(14,15)7-8-4-2-1-3-5-8/h6,8H,1-5,7H2,(H,12,13). The van der Waals surface area contributed by atoms with Crippen molar-refractivity contribution in [2.24, 2.45) is 5.92 Å². The molecule has 0 radical (unpaired) electrons. The number of sulfonamides is 1. The minimum Gasteiger partial charge on any atom is -0.259 e. The highest BCUT2D eigenvalue weighted by Gasteiger charge is 2.22. The summed E-state index contributed by atoms with van der Waals surface area (Å²) in [5.41, 5.74) is 0. The summed E-state index contributed by atoms with van der Waals surface area (Å²) < 4.78 is 27.2. The van der Waals surface area contributed by atoms with Crippen LogP contribution in [0.4, 0.5) is 5.13 Å². The van der Waals surface area contributed by atoms with Crippen LogP contribution < -0.4 is 4.72 Å². The Labute approximate surface area is 114 Å². The molecule has 0 saturated heterocycles. The van der Waals surface area contributed by atoms with Crippen LogP contribution in [0.5, 0.6) is 0 Å². The molecular weight excluding hydrogens is 324 g/mol. The van der Waals surface area contributed by atoms with E-state index in [1.54, 1.807) is 6.20 Å². The average Bonchev–Trinajstić information content (AvgIpc) is 2.63. The topological polar surface area (TPSA) is 59.1 Å². The van der Waals surface area contributed by atoms with Crippen LogP contribution >= 0.6 is 27.3 Å². The minimum absolute atomic E-state index is 0.226. The predicted octanol–water partition coefficient (Wildman–Crippen LogP) is 3.23. The summed E-state index contributed by atoms with van der Waals surface area (Å²) in [5.74, 6) is 0.536. The molecule has 2 rings (SSSR count). The maximum Gasteiger partial charge on any atom is 0.234 e. The molecule has 7 heteroatoms. The second-order valence-electron chi connectivity index (χ2n) is 4.36. The van der Waals surface area contributed by atoms with Gasteiger partial charge in [0, 0.05) is 0 Å². The number of thiazole rings is 1. The number of aromatic nitrogens is 1. The lowest BCUT2D eigenvalue weighted by Gasteiger charge is -2.21. The highest BCUT2D eigenvalue weighted by atomic mass is 79.9. The molecule has 0 amide bonds. The van der Waals surface area contributed by atoms with E-state index in [1.807, 2.05) is 0 Å². The molecule has 1 saturated carbocycles. The Kier molecular flexibility index (Phi) is 4.43. The Morgan fingerprint density at radius 3 is 2.71 bits per heavy atom. The first kappa shape index (κ1) is 13.3. The zero-order valence-electron chi connectivity index (χ0n) is 9.36. The van der Waals surface area contributed by atoms with E-state index in [1.165, 1.54) is 17.8 Å². The molecule has 0 aliphatic heterocycles. The van der Waals surface area contributed by atoms with Gasteiger partial charge in [0.1, 0.15) is 0 Å². The first-order chi connectivity index (χ1) is 8.05. The maximum atomic E-state index is 11.9. The van der Waals surface area contributed by atoms with Crippen molar-refractivity contribution in [2.75, 3.05) is 10.5 Å². The molecule has 17 heavy (non-hydrogen) atoms. The van der Waals surface area contributed by atoms with Gasteiger partial charge >= 0.3 is 0 Å². The van der Waals surface area contributed by atoms with E-state index in [2.05, 4.69) is 25.6 Å². The van der Waals surface area contributed by atoms with E-state index in [-0.39, 0.29) is 5.75 Å². The smallest absolute Gasteiger partial charge is 0.234 e. The number of nitrogens with one attached hydrogen (secondary N) is 1. The summed E-state index contributed by atoms with van der Waals surface area (Å²) in [6, 6.07) is 0. The van der Waals surface area contributed by atoms with Gasteiger partial charge in [-0.25, -0.2) is 13.4 Å². The third kappa shape index (κ3) is 4.22. The summed E-state index contributed by atoms with van der Waals surface area (Å²) in [7, 11) is -3.24. The lowest BCUT2D eigenvalue weighted by atomic mass is 9.91. The predicted molar refractivity (Wildman–Crippen MR) is 73.8 cm³/mol. The number of rotatable bonds is 4. The molecule has 96 valence electrons. The van der Waals surface area contributed by atoms with E-state index in [9.17, 15) is 8.42 Å². The third-order valence-corrected chi connectivity index (χ3v) is 5.84. The van der Waals surface area contributed by atoms with Crippen molar-refractivity contribution in [3.05, 3.63) is 9.98 Å². The molecule has 1 aromatic heterocycles. The van der Waals surface area contributed by atoms with Gasteiger partial charge in [0.05, 0.1) is 15.7 Å². The van der Waals surface area contributed by atoms with Crippen LogP contribution in [0.2, 0.25) is 0 Å². The van der Waals surface area contributed by atoms with Crippen molar-refractivity contribution in [3.63, 3.8) is 0 Å². The zero-order chi connectivity index (χ0) is 12.3. The van der Waals surface area contributed by atoms with Crippen LogP contribution in [0, 0.1) is 5.92 Å². The molecule has 1 aliphatic carbocycles. The Bertz CT molecular complexity index is 466. The number of halogens is 1. The fourth-order valence-electron chi connectivity index (χ4n) is 2.14. The van der Waals surface area contributed by atoms with Gasteiger partial charge in [-0.1, -0.05) is 30.6 Å². The van der Waals surface area contributed by atoms with E-state index in [0.717, 1.165) is 29.5 Å². The van der Waals surface area contributed by atoms with Crippen molar-refractivity contribution in [2.45, 2.75) is 32.1 Å². The monoisotopic (exact) mass is 338 g/mol. The van der Waals surface area contributed by atoms with Gasteiger partial charge in [0.25, 0.3) is 0 Å². The number of anilines is 1. The molecule has 0 unspecified atom stereocenters. The molecule has 4 nitrogen and oxygen atoms in total. The van der Waals surface area contributed by atoms with Crippen LogP contribution in [0.25, 0.3) is 0 Å². The van der Waals surface area contributed by atoms with Crippen LogP contribution in [-0.4, -0.2) is 19.2 Å². The molecular formula is C10H15BrN2O2S2. The summed E-state index contributed by atoms with van der Waals surface area (Å²) >= 11 is 4.55. The Hall–Kier alpha value is -0.140. The zero-order valence-corrected chi connectivity index (χ0v) is 12.6. The molecule has 0 bridgehead atoms. The van der Waals surface area contributed by atoms with Crippen LogP contribution in [0.3, 0.4) is 0 Å². The SMILES string of the molecule is O=S(=O)(CC1CCCCC1)Nc1ncc(Br)s1. The van der Waals surface area contributed by atoms with Gasteiger partial charge in [-0.2, -0.15) is 0 Å². The van der Waals surface area contributed by atoms with E-state index < -0.39 is 10.0 Å². The number of hydrogen-bond donors (Lipinski definition) is 1. The second-order valence-corrected chi connectivity index (χ2v) is 8.53. The van der Waals surface area contributed by atoms with Gasteiger partial charge < -0.3 is 0 Å². The van der Waals surface area contributed by atoms with Gasteiger partial charge in [-0.3, -0.25) is 4.72 Å². The van der Waals surface area contributed by atoms with Gasteiger partial charge in [-0.15, -0.1) is 0 Å². The van der Waals surface area contributed by atoms with Crippen LogP contribution in [0.15, 0.2) is 9.98 Å². The summed E-state index contributed by atoms with van der Waals surface area (Å²) in [6.07, 6.45) is 7.21. The summed E-state index contributed by atoms with van der Waals surface area (Å²) in [4.78, 5) is 3.98. The maximum absolute atomic E-state index is 11.9. The first-order valence-corrected chi connectivity index (χ1v) is 8.93. The van der Waals surface area contributed by atoms with Crippen molar-refractivity contribution >= 4 is 42.4 Å². The van der Waals surface area contributed by atoms with Crippen molar-refractivity contribution in [3.8, 4) is 0 Å². The van der Waals surface area contributed by atoms with Crippen molar-refractivity contribution in [1.82, 2.24) is 4.98 Å². The largest absolute Gasteiger partial charge is 0.259 e. The van der Waals surface area contributed by atoms with E-state index in [4.69, 9.17) is 0 Å². The van der Waals surface area contributed by atoms with E-state index >= 15 is 0 Å². The Morgan fingerprint density at radius 2 is 2.12 bits per heavy atom. The second kappa shape index (κ2) is 5.67. The average molecular weight is 339 g/mol. The third-order valence-electron chi connectivity index (χ3n) is 2.90. The molecule has 1 fully saturated rings. The quantitative estimate of drug-likeness (QED) is 0.916. The molecule has 0 spiro atoms. The van der Waals surface area contributed by atoms with Crippen LogP contribution in [-0.2, 0) is 10.0 Å². The molecule has 1 aromatic rings. The lowest BCUT2D eigenvalue weighted by Crippen LogP contribution is -2.24. The van der Waals surface area contributed by atoms with Crippen molar-refractivity contribution in [1.29, 1.82) is 0 Å². The van der Waals surface area contributed by atoms with Crippen LogP contribution in [0.1, 0.15) is 32.1 Å². The van der Waals surface area contributed by atoms with Gasteiger partial charge in [-0.05, 0) is 34.7 Å². The highest BCUT2D eigenvalue weighted by Crippen LogP contribution is 2.27. The molecule has 0 atom stereocenters. The first-order valence-electron chi connectivity index (χ1n) is 5.67. The summed E-state index contributed by atoms with van der Waals surface area (Å²) in [6.45, 7) is 0.